The molecule has 0 unspecified atom stereocenters. The van der Waals surface area contributed by atoms with E-state index in [9.17, 15) is 9.90 Å². The lowest BCUT2D eigenvalue weighted by molar-refractivity contribution is -0.133. The fourth-order valence-electron chi connectivity index (χ4n) is 3.68. The number of nitrogens with zero attached hydrogens (tertiary/aromatic N) is 2. The van der Waals surface area contributed by atoms with Gasteiger partial charge in [-0.1, -0.05) is 11.6 Å². The quantitative estimate of drug-likeness (QED) is 0.895. The van der Waals surface area contributed by atoms with E-state index >= 15 is 0 Å². The molecule has 1 heterocycles. The Morgan fingerprint density at radius 2 is 2.04 bits per heavy atom. The Hall–Kier alpha value is -1.52. The number of carbonyl (C=O) groups is 1. The number of aromatic nitrogens is 1. The fraction of sp³-hybridized carbons (Fsp3) is 0.526. The van der Waals surface area contributed by atoms with Crippen LogP contribution >= 0.6 is 11.6 Å². The van der Waals surface area contributed by atoms with Crippen LogP contribution in [0.2, 0.25) is 5.02 Å². The Bertz CT molecular complexity index is 704. The number of hydrogen-bond acceptors (Lipinski definition) is 2. The number of benzene rings is 1. The summed E-state index contributed by atoms with van der Waals surface area (Å²) in [6.07, 6.45) is 6.55. The standard InChI is InChI=1S/C19H25ClN2O2/c1-21(17-5-2-14(13-23)3-6-17)19(24)9-11-22-10-8-15-12-16(20)4-7-18(15)22/h4,7-8,10,12,14,17,23H,2-3,5-6,9,11,13H2,1H3. The van der Waals surface area contributed by atoms with Gasteiger partial charge in [0.2, 0.25) is 5.91 Å². The summed E-state index contributed by atoms with van der Waals surface area (Å²) in [7, 11) is 1.92. The van der Waals surface area contributed by atoms with Crippen LogP contribution in [0.1, 0.15) is 32.1 Å². The molecule has 3 rings (SSSR count). The zero-order valence-electron chi connectivity index (χ0n) is 14.1. The van der Waals surface area contributed by atoms with Gasteiger partial charge in [-0.3, -0.25) is 4.79 Å². The lowest BCUT2D eigenvalue weighted by Crippen LogP contribution is -2.40. The van der Waals surface area contributed by atoms with Crippen molar-refractivity contribution in [3.8, 4) is 0 Å². The van der Waals surface area contributed by atoms with Crippen molar-refractivity contribution in [2.75, 3.05) is 13.7 Å². The average molecular weight is 349 g/mol. The second-order valence-electron chi connectivity index (χ2n) is 6.82. The van der Waals surface area contributed by atoms with Crippen molar-refractivity contribution < 1.29 is 9.90 Å². The summed E-state index contributed by atoms with van der Waals surface area (Å²) in [5.74, 6) is 0.612. The highest BCUT2D eigenvalue weighted by Gasteiger charge is 2.25. The number of halogens is 1. The Morgan fingerprint density at radius 1 is 1.29 bits per heavy atom. The van der Waals surface area contributed by atoms with Crippen LogP contribution in [0.15, 0.2) is 30.5 Å². The molecule has 130 valence electrons. The Balaban J connectivity index is 1.56. The first-order valence-corrected chi connectivity index (χ1v) is 9.07. The maximum Gasteiger partial charge on any atom is 0.224 e. The molecule has 1 aromatic heterocycles. The minimum absolute atomic E-state index is 0.193. The van der Waals surface area contributed by atoms with E-state index in [-0.39, 0.29) is 12.5 Å². The molecule has 0 aliphatic heterocycles. The summed E-state index contributed by atoms with van der Waals surface area (Å²) in [6, 6.07) is 8.18. The maximum atomic E-state index is 12.5. The summed E-state index contributed by atoms with van der Waals surface area (Å²) >= 11 is 6.02. The fourth-order valence-corrected chi connectivity index (χ4v) is 3.86. The van der Waals surface area contributed by atoms with Crippen molar-refractivity contribution in [2.45, 2.75) is 44.7 Å². The molecule has 1 amide bonds. The van der Waals surface area contributed by atoms with Gasteiger partial charge in [0.05, 0.1) is 0 Å². The van der Waals surface area contributed by atoms with Gasteiger partial charge >= 0.3 is 0 Å². The second kappa shape index (κ2) is 7.58. The van der Waals surface area contributed by atoms with Crippen LogP contribution in [0.5, 0.6) is 0 Å². The van der Waals surface area contributed by atoms with Gasteiger partial charge in [0.15, 0.2) is 0 Å². The van der Waals surface area contributed by atoms with Gasteiger partial charge < -0.3 is 14.6 Å². The molecule has 1 N–H and O–H groups in total. The molecule has 1 aromatic carbocycles. The predicted octanol–water partition coefficient (Wildman–Crippen LogP) is 3.69. The molecular formula is C19H25ClN2O2. The van der Waals surface area contributed by atoms with E-state index in [4.69, 9.17) is 11.6 Å². The van der Waals surface area contributed by atoms with Gasteiger partial charge in [-0.05, 0) is 55.9 Å². The lowest BCUT2D eigenvalue weighted by Gasteiger charge is -2.34. The molecule has 24 heavy (non-hydrogen) atoms. The highest BCUT2D eigenvalue weighted by molar-refractivity contribution is 6.31. The van der Waals surface area contributed by atoms with Gasteiger partial charge in [0.1, 0.15) is 0 Å². The minimum atomic E-state index is 0.193. The molecule has 0 spiro atoms. The molecular weight excluding hydrogens is 324 g/mol. The molecule has 0 radical (unpaired) electrons. The zero-order chi connectivity index (χ0) is 17.1. The van der Waals surface area contributed by atoms with Gasteiger partial charge in [0, 0.05) is 54.8 Å². The number of aryl methyl sites for hydroxylation is 1. The first kappa shape index (κ1) is 17.3. The Labute approximate surface area is 148 Å². The summed E-state index contributed by atoms with van der Waals surface area (Å²) in [5.41, 5.74) is 1.11. The third-order valence-corrected chi connectivity index (χ3v) is 5.55. The molecule has 0 saturated heterocycles. The predicted molar refractivity (Wildman–Crippen MR) is 97.2 cm³/mol. The van der Waals surface area contributed by atoms with Crippen molar-refractivity contribution in [2.24, 2.45) is 5.92 Å². The van der Waals surface area contributed by atoms with Gasteiger partial charge in [0.25, 0.3) is 0 Å². The number of aliphatic hydroxyl groups is 1. The number of hydrogen-bond donors (Lipinski definition) is 1. The summed E-state index contributed by atoms with van der Waals surface area (Å²) in [6.45, 7) is 0.954. The lowest BCUT2D eigenvalue weighted by atomic mass is 9.86. The monoisotopic (exact) mass is 348 g/mol. The summed E-state index contributed by atoms with van der Waals surface area (Å²) < 4.78 is 2.11. The number of rotatable bonds is 5. The third kappa shape index (κ3) is 3.76. The topological polar surface area (TPSA) is 45.5 Å². The van der Waals surface area contributed by atoms with E-state index in [1.807, 2.05) is 42.4 Å². The first-order valence-electron chi connectivity index (χ1n) is 8.69. The normalized spacial score (nSPS) is 21.1. The summed E-state index contributed by atoms with van der Waals surface area (Å²) in [5, 5.41) is 11.1. The highest BCUT2D eigenvalue weighted by atomic mass is 35.5. The van der Waals surface area contributed by atoms with Crippen molar-refractivity contribution in [1.29, 1.82) is 0 Å². The van der Waals surface area contributed by atoms with E-state index in [1.165, 1.54) is 0 Å². The van der Waals surface area contributed by atoms with Gasteiger partial charge in [-0.25, -0.2) is 0 Å². The molecule has 1 aliphatic carbocycles. The number of aliphatic hydroxyl groups excluding tert-OH is 1. The van der Waals surface area contributed by atoms with E-state index in [2.05, 4.69) is 4.57 Å². The van der Waals surface area contributed by atoms with Crippen molar-refractivity contribution in [1.82, 2.24) is 9.47 Å². The number of amides is 1. The first-order chi connectivity index (χ1) is 11.6. The van der Waals surface area contributed by atoms with Crippen LogP contribution in [-0.4, -0.2) is 40.2 Å². The largest absolute Gasteiger partial charge is 0.396 e. The number of fused-ring (bicyclic) bond motifs is 1. The zero-order valence-corrected chi connectivity index (χ0v) is 14.9. The van der Waals surface area contributed by atoms with Gasteiger partial charge in [-0.15, -0.1) is 0 Å². The SMILES string of the molecule is CN(C(=O)CCn1ccc2cc(Cl)ccc21)C1CCC(CO)CC1. The average Bonchev–Trinajstić information content (AvgIpc) is 3.01. The third-order valence-electron chi connectivity index (χ3n) is 5.32. The molecule has 1 fully saturated rings. The van der Waals surface area contributed by atoms with Crippen molar-refractivity contribution in [3.05, 3.63) is 35.5 Å². The molecule has 4 nitrogen and oxygen atoms in total. The van der Waals surface area contributed by atoms with Crippen molar-refractivity contribution >= 4 is 28.4 Å². The molecule has 1 saturated carbocycles. The van der Waals surface area contributed by atoms with Crippen LogP contribution in [-0.2, 0) is 11.3 Å². The highest BCUT2D eigenvalue weighted by Crippen LogP contribution is 2.27. The van der Waals surface area contributed by atoms with Crippen LogP contribution in [0.25, 0.3) is 10.9 Å². The van der Waals surface area contributed by atoms with Crippen LogP contribution in [0.4, 0.5) is 0 Å². The number of carbonyl (C=O) groups excluding carboxylic acids is 1. The maximum absolute atomic E-state index is 12.5. The van der Waals surface area contributed by atoms with Crippen LogP contribution < -0.4 is 0 Å². The molecule has 0 atom stereocenters. The Morgan fingerprint density at radius 3 is 2.75 bits per heavy atom. The molecule has 2 aromatic rings. The molecule has 5 heteroatoms. The van der Waals surface area contributed by atoms with E-state index < -0.39 is 0 Å². The van der Waals surface area contributed by atoms with E-state index in [0.29, 0.717) is 24.9 Å². The van der Waals surface area contributed by atoms with E-state index in [0.717, 1.165) is 41.6 Å². The smallest absolute Gasteiger partial charge is 0.224 e. The minimum Gasteiger partial charge on any atom is -0.396 e. The summed E-state index contributed by atoms with van der Waals surface area (Å²) in [4.78, 5) is 14.4. The van der Waals surface area contributed by atoms with E-state index in [1.54, 1.807) is 0 Å². The molecule has 0 bridgehead atoms. The van der Waals surface area contributed by atoms with Crippen molar-refractivity contribution in [3.63, 3.8) is 0 Å². The van der Waals surface area contributed by atoms with Crippen LogP contribution in [0.3, 0.4) is 0 Å². The Kier molecular flexibility index (Phi) is 5.47. The second-order valence-corrected chi connectivity index (χ2v) is 7.26. The molecule has 1 aliphatic rings. The van der Waals surface area contributed by atoms with Crippen LogP contribution in [0, 0.1) is 5.92 Å². The van der Waals surface area contributed by atoms with Gasteiger partial charge in [-0.2, -0.15) is 0 Å².